The average molecular weight is 496 g/mol. The number of benzene rings is 2. The molecule has 0 aliphatic rings. The number of rotatable bonds is 11. The minimum absolute atomic E-state index is 0.144. The van der Waals surface area contributed by atoms with E-state index in [1.165, 1.54) is 5.56 Å². The van der Waals surface area contributed by atoms with Gasteiger partial charge in [-0.3, -0.25) is 0 Å². The van der Waals surface area contributed by atoms with E-state index in [0.717, 1.165) is 48.0 Å². The van der Waals surface area contributed by atoms with Crippen LogP contribution in [-0.4, -0.2) is 16.8 Å². The van der Waals surface area contributed by atoms with E-state index >= 15 is 0 Å². The van der Waals surface area contributed by atoms with Crippen LogP contribution in [-0.2, 0) is 0 Å². The van der Waals surface area contributed by atoms with E-state index in [-0.39, 0.29) is 11.2 Å². The molecule has 2 aromatic carbocycles. The van der Waals surface area contributed by atoms with Crippen molar-refractivity contribution < 1.29 is 4.74 Å². The normalized spacial score (nSPS) is 11.5. The zero-order valence-electron chi connectivity index (χ0n) is 16.2. The number of ether oxygens (including phenoxy) is 1. The Morgan fingerprint density at radius 2 is 1.55 bits per heavy atom. The van der Waals surface area contributed by atoms with E-state index in [1.807, 2.05) is 36.4 Å². The summed E-state index contributed by atoms with van der Waals surface area (Å²) >= 11 is 13.3. The number of anilines is 1. The molecule has 0 aromatic heterocycles. The van der Waals surface area contributed by atoms with Gasteiger partial charge < -0.3 is 26.8 Å². The van der Waals surface area contributed by atoms with Crippen molar-refractivity contribution in [3.05, 3.63) is 58.6 Å². The van der Waals surface area contributed by atoms with Crippen molar-refractivity contribution in [2.45, 2.75) is 38.1 Å². The quantitative estimate of drug-likeness (QED) is 0.258. The van der Waals surface area contributed by atoms with Gasteiger partial charge in [-0.1, -0.05) is 47.3 Å². The van der Waals surface area contributed by atoms with Gasteiger partial charge in [0.25, 0.3) is 0 Å². The standard InChI is InChI=1S/C21H27BrN4OS2/c22-16-8-6-15(7-9-16)19(26-21(24)29)5-3-1-2-4-14-27-18-12-10-17(11-13-18)25-20(23)28/h6-13,19H,1-5,14H2,(H3,23,25,28)(H3,24,26,29). The maximum Gasteiger partial charge on any atom is 0.168 e. The minimum atomic E-state index is 0.144. The number of thiocarbonyl (C=S) groups is 2. The lowest BCUT2D eigenvalue weighted by molar-refractivity contribution is 0.304. The first-order valence-electron chi connectivity index (χ1n) is 9.55. The predicted octanol–water partition coefficient (Wildman–Crippen LogP) is 5.01. The molecule has 156 valence electrons. The molecule has 0 radical (unpaired) electrons. The van der Waals surface area contributed by atoms with Gasteiger partial charge in [-0.2, -0.15) is 0 Å². The van der Waals surface area contributed by atoms with Crippen LogP contribution in [0.15, 0.2) is 53.0 Å². The Morgan fingerprint density at radius 3 is 2.17 bits per heavy atom. The highest BCUT2D eigenvalue weighted by atomic mass is 79.9. The zero-order chi connectivity index (χ0) is 21.1. The van der Waals surface area contributed by atoms with Gasteiger partial charge in [-0.25, -0.2) is 0 Å². The van der Waals surface area contributed by atoms with Crippen molar-refractivity contribution in [3.63, 3.8) is 0 Å². The summed E-state index contributed by atoms with van der Waals surface area (Å²) in [6, 6.07) is 16.0. The van der Waals surface area contributed by atoms with Crippen molar-refractivity contribution in [1.29, 1.82) is 0 Å². The monoisotopic (exact) mass is 494 g/mol. The van der Waals surface area contributed by atoms with E-state index in [2.05, 4.69) is 38.7 Å². The Labute approximate surface area is 191 Å². The topological polar surface area (TPSA) is 85.3 Å². The second-order valence-electron chi connectivity index (χ2n) is 6.68. The van der Waals surface area contributed by atoms with E-state index < -0.39 is 0 Å². The van der Waals surface area contributed by atoms with Crippen LogP contribution in [0.3, 0.4) is 0 Å². The zero-order valence-corrected chi connectivity index (χ0v) is 19.4. The Kier molecular flexibility index (Phi) is 10.2. The molecule has 0 amide bonds. The van der Waals surface area contributed by atoms with Crippen LogP contribution in [0.25, 0.3) is 0 Å². The number of nitrogens with one attached hydrogen (secondary N) is 2. The number of hydrogen-bond acceptors (Lipinski definition) is 3. The molecule has 0 aliphatic heterocycles. The molecule has 0 aliphatic carbocycles. The van der Waals surface area contributed by atoms with Crippen molar-refractivity contribution in [2.24, 2.45) is 11.5 Å². The van der Waals surface area contributed by atoms with Crippen molar-refractivity contribution in [1.82, 2.24) is 5.32 Å². The number of hydrogen-bond donors (Lipinski definition) is 4. The van der Waals surface area contributed by atoms with Gasteiger partial charge in [0.05, 0.1) is 12.6 Å². The van der Waals surface area contributed by atoms with Crippen LogP contribution < -0.4 is 26.8 Å². The van der Waals surface area contributed by atoms with Crippen LogP contribution >= 0.6 is 40.4 Å². The molecular weight excluding hydrogens is 468 g/mol. The van der Waals surface area contributed by atoms with Crippen molar-refractivity contribution in [2.75, 3.05) is 11.9 Å². The second-order valence-corrected chi connectivity index (χ2v) is 8.47. The van der Waals surface area contributed by atoms with Gasteiger partial charge in [0.2, 0.25) is 0 Å². The fourth-order valence-electron chi connectivity index (χ4n) is 2.96. The van der Waals surface area contributed by atoms with Crippen LogP contribution in [0.1, 0.15) is 43.7 Å². The van der Waals surface area contributed by atoms with Gasteiger partial charge in [0.15, 0.2) is 10.2 Å². The molecular formula is C21H27BrN4OS2. The molecule has 29 heavy (non-hydrogen) atoms. The lowest BCUT2D eigenvalue weighted by Gasteiger charge is -2.19. The molecule has 0 bridgehead atoms. The fraction of sp³-hybridized carbons (Fsp3) is 0.333. The van der Waals surface area contributed by atoms with Crippen LogP contribution in [0.4, 0.5) is 5.69 Å². The summed E-state index contributed by atoms with van der Waals surface area (Å²) in [5, 5.41) is 6.68. The lowest BCUT2D eigenvalue weighted by Crippen LogP contribution is -2.32. The summed E-state index contributed by atoms with van der Waals surface area (Å²) in [4.78, 5) is 0. The van der Waals surface area contributed by atoms with Crippen molar-refractivity contribution in [3.8, 4) is 5.75 Å². The van der Waals surface area contributed by atoms with Gasteiger partial charge in [0.1, 0.15) is 5.75 Å². The van der Waals surface area contributed by atoms with Gasteiger partial charge in [0, 0.05) is 10.2 Å². The minimum Gasteiger partial charge on any atom is -0.494 e. The van der Waals surface area contributed by atoms with E-state index in [4.69, 9.17) is 40.6 Å². The molecule has 0 saturated carbocycles. The summed E-state index contributed by atoms with van der Waals surface area (Å²) in [6.45, 7) is 0.698. The van der Waals surface area contributed by atoms with E-state index in [9.17, 15) is 0 Å². The second kappa shape index (κ2) is 12.6. The Balaban J connectivity index is 1.65. The molecule has 0 saturated heterocycles. The largest absolute Gasteiger partial charge is 0.494 e. The Hall–Kier alpha value is -1.90. The lowest BCUT2D eigenvalue weighted by atomic mass is 10.00. The molecule has 0 heterocycles. The Morgan fingerprint density at radius 1 is 0.897 bits per heavy atom. The molecule has 1 atom stereocenters. The molecule has 0 fully saturated rings. The fourth-order valence-corrected chi connectivity index (χ4v) is 3.48. The third kappa shape index (κ3) is 9.43. The van der Waals surface area contributed by atoms with E-state index in [0.29, 0.717) is 11.7 Å². The summed E-state index contributed by atoms with van der Waals surface area (Å²) in [5.74, 6) is 0.842. The van der Waals surface area contributed by atoms with E-state index in [1.54, 1.807) is 0 Å². The smallest absolute Gasteiger partial charge is 0.168 e. The third-order valence-corrected chi connectivity index (χ3v) is 5.12. The first-order valence-corrected chi connectivity index (χ1v) is 11.2. The average Bonchev–Trinajstić information content (AvgIpc) is 2.67. The first kappa shape index (κ1) is 23.4. The van der Waals surface area contributed by atoms with Crippen LogP contribution in [0.5, 0.6) is 5.75 Å². The SMILES string of the molecule is NC(=S)Nc1ccc(OCCCCCCC(NC(N)=S)c2ccc(Br)cc2)cc1. The molecule has 1 unspecified atom stereocenters. The van der Waals surface area contributed by atoms with Crippen LogP contribution in [0.2, 0.25) is 0 Å². The maximum absolute atomic E-state index is 5.78. The molecule has 2 rings (SSSR count). The van der Waals surface area contributed by atoms with Gasteiger partial charge >= 0.3 is 0 Å². The molecule has 5 nitrogen and oxygen atoms in total. The summed E-state index contributed by atoms with van der Waals surface area (Å²) in [6.07, 6.45) is 5.33. The highest BCUT2D eigenvalue weighted by Crippen LogP contribution is 2.22. The summed E-state index contributed by atoms with van der Waals surface area (Å²) in [7, 11) is 0. The predicted molar refractivity (Wildman–Crippen MR) is 132 cm³/mol. The molecule has 6 N–H and O–H groups in total. The van der Waals surface area contributed by atoms with Gasteiger partial charge in [-0.05, 0) is 79.2 Å². The maximum atomic E-state index is 5.78. The molecule has 2 aromatic rings. The highest BCUT2D eigenvalue weighted by molar-refractivity contribution is 9.10. The van der Waals surface area contributed by atoms with Crippen LogP contribution in [0, 0.1) is 0 Å². The number of halogens is 1. The van der Waals surface area contributed by atoms with Crippen molar-refractivity contribution >= 4 is 56.3 Å². The number of unbranched alkanes of at least 4 members (excludes halogenated alkanes) is 3. The molecule has 0 spiro atoms. The molecule has 8 heteroatoms. The summed E-state index contributed by atoms with van der Waals surface area (Å²) < 4.78 is 6.84. The number of nitrogens with two attached hydrogens (primary N) is 2. The third-order valence-electron chi connectivity index (χ3n) is 4.37. The first-order chi connectivity index (χ1) is 13.9. The Bertz CT molecular complexity index is 784. The highest BCUT2D eigenvalue weighted by Gasteiger charge is 2.11. The van der Waals surface area contributed by atoms with Gasteiger partial charge in [-0.15, -0.1) is 0 Å². The summed E-state index contributed by atoms with van der Waals surface area (Å²) in [5.41, 5.74) is 13.2.